The maximum Gasteiger partial charge on any atom is 0.573 e. The van der Waals surface area contributed by atoms with E-state index in [2.05, 4.69) is 9.73 Å². The third kappa shape index (κ3) is 7.18. The molecular formula is C21H22F3N3O5. The number of benzene rings is 2. The predicted octanol–water partition coefficient (Wildman–Crippen LogP) is 4.83. The second-order valence-electron chi connectivity index (χ2n) is 6.44. The monoisotopic (exact) mass is 453 g/mol. The highest BCUT2D eigenvalue weighted by Crippen LogP contribution is 2.36. The predicted molar refractivity (Wildman–Crippen MR) is 111 cm³/mol. The van der Waals surface area contributed by atoms with Gasteiger partial charge in [0.25, 0.3) is 0 Å². The van der Waals surface area contributed by atoms with E-state index >= 15 is 0 Å². The van der Waals surface area contributed by atoms with E-state index < -0.39 is 24.3 Å². The first kappa shape index (κ1) is 24.5. The largest absolute Gasteiger partial charge is 0.573 e. The molecule has 0 radical (unpaired) electrons. The van der Waals surface area contributed by atoms with E-state index in [4.69, 9.17) is 25.4 Å². The van der Waals surface area contributed by atoms with Crippen LogP contribution in [0, 0.1) is 5.41 Å². The van der Waals surface area contributed by atoms with Gasteiger partial charge in [0.1, 0.15) is 17.6 Å². The SMILES string of the molecule is CN=C(CC(OC(N)=O)c1cccc(-c2ccc(OC(F)(F)F)cc2OC)c1)OC(C)=N. The summed E-state index contributed by atoms with van der Waals surface area (Å²) >= 11 is 0. The number of aliphatic imine (C=N–C) groups is 1. The Bertz CT molecular complexity index is 1010. The highest BCUT2D eigenvalue weighted by molar-refractivity contribution is 5.89. The molecule has 0 heterocycles. The lowest BCUT2D eigenvalue weighted by Gasteiger charge is -2.19. The zero-order valence-corrected chi connectivity index (χ0v) is 17.5. The van der Waals surface area contributed by atoms with Gasteiger partial charge in [0, 0.05) is 25.6 Å². The van der Waals surface area contributed by atoms with Gasteiger partial charge in [-0.2, -0.15) is 0 Å². The van der Waals surface area contributed by atoms with E-state index in [-0.39, 0.29) is 24.0 Å². The first-order valence-electron chi connectivity index (χ1n) is 9.21. The Balaban J connectivity index is 2.41. The zero-order valence-electron chi connectivity index (χ0n) is 17.5. The molecule has 11 heteroatoms. The molecule has 0 aliphatic heterocycles. The Hall–Kier alpha value is -3.76. The topological polar surface area (TPSA) is 116 Å². The lowest BCUT2D eigenvalue weighted by atomic mass is 9.98. The van der Waals surface area contributed by atoms with Crippen LogP contribution in [0.5, 0.6) is 11.5 Å². The molecule has 32 heavy (non-hydrogen) atoms. The first-order valence-corrected chi connectivity index (χ1v) is 9.21. The number of hydrogen-bond acceptors (Lipinski definition) is 7. The molecule has 2 aromatic rings. The Labute approximate surface area is 182 Å². The van der Waals surface area contributed by atoms with Crippen LogP contribution in [0.15, 0.2) is 47.5 Å². The fraction of sp³-hybridized carbons (Fsp3) is 0.286. The van der Waals surface area contributed by atoms with Crippen molar-refractivity contribution in [2.75, 3.05) is 14.2 Å². The van der Waals surface area contributed by atoms with E-state index in [9.17, 15) is 18.0 Å². The molecule has 2 rings (SSSR count). The number of primary amides is 1. The minimum Gasteiger partial charge on any atom is -0.496 e. The molecule has 172 valence electrons. The van der Waals surface area contributed by atoms with Crippen molar-refractivity contribution in [3.63, 3.8) is 0 Å². The van der Waals surface area contributed by atoms with Crippen molar-refractivity contribution >= 4 is 17.9 Å². The van der Waals surface area contributed by atoms with Gasteiger partial charge in [-0.05, 0) is 29.3 Å². The van der Waals surface area contributed by atoms with Crippen LogP contribution in [0.2, 0.25) is 0 Å². The van der Waals surface area contributed by atoms with Gasteiger partial charge < -0.3 is 24.7 Å². The molecule has 0 bridgehead atoms. The number of alkyl halides is 3. The molecule has 1 atom stereocenters. The van der Waals surface area contributed by atoms with Gasteiger partial charge in [-0.25, -0.2) is 4.79 Å². The number of nitrogens with one attached hydrogen (secondary N) is 1. The van der Waals surface area contributed by atoms with Crippen molar-refractivity contribution in [2.24, 2.45) is 10.7 Å². The number of carbonyl (C=O) groups excluding carboxylic acids is 1. The second-order valence-corrected chi connectivity index (χ2v) is 6.44. The molecule has 0 fully saturated rings. The summed E-state index contributed by atoms with van der Waals surface area (Å²) in [6.45, 7) is 1.42. The van der Waals surface area contributed by atoms with Gasteiger partial charge in [0.05, 0.1) is 13.5 Å². The van der Waals surface area contributed by atoms with Crippen LogP contribution in [0.25, 0.3) is 11.1 Å². The molecule has 1 amide bonds. The first-order chi connectivity index (χ1) is 15.0. The van der Waals surface area contributed by atoms with Crippen LogP contribution in [-0.2, 0) is 9.47 Å². The van der Waals surface area contributed by atoms with Crippen molar-refractivity contribution in [3.05, 3.63) is 48.0 Å². The Kier molecular flexibility index (Phi) is 8.05. The Morgan fingerprint density at radius 2 is 1.94 bits per heavy atom. The average molecular weight is 453 g/mol. The summed E-state index contributed by atoms with van der Waals surface area (Å²) in [4.78, 5) is 15.4. The molecule has 0 aromatic heterocycles. The minimum atomic E-state index is -4.83. The maximum absolute atomic E-state index is 12.5. The van der Waals surface area contributed by atoms with Gasteiger partial charge in [-0.1, -0.05) is 18.2 Å². The number of ether oxygens (including phenoxy) is 4. The summed E-state index contributed by atoms with van der Waals surface area (Å²) in [5.41, 5.74) is 6.78. The molecule has 0 saturated carbocycles. The summed E-state index contributed by atoms with van der Waals surface area (Å²) in [7, 11) is 2.78. The number of nitrogens with zero attached hydrogens (tertiary/aromatic N) is 1. The van der Waals surface area contributed by atoms with Crippen LogP contribution in [0.4, 0.5) is 18.0 Å². The molecular weight excluding hydrogens is 431 g/mol. The average Bonchev–Trinajstić information content (AvgIpc) is 2.70. The number of carbonyl (C=O) groups is 1. The third-order valence-corrected chi connectivity index (χ3v) is 4.11. The highest BCUT2D eigenvalue weighted by atomic mass is 19.4. The highest BCUT2D eigenvalue weighted by Gasteiger charge is 2.31. The standard InChI is InChI=1S/C21H22F3N3O5/c1-12(25)30-19(27-2)11-17(31-20(26)28)14-6-4-5-13(9-14)16-8-7-15(10-18(16)29-3)32-21(22,23)24/h4-10,17,25H,11H2,1-3H3,(H2,26,28). The Morgan fingerprint density at radius 3 is 2.50 bits per heavy atom. The molecule has 0 spiro atoms. The third-order valence-electron chi connectivity index (χ3n) is 4.11. The van der Waals surface area contributed by atoms with E-state index in [1.165, 1.54) is 27.1 Å². The van der Waals surface area contributed by atoms with Crippen molar-refractivity contribution in [2.45, 2.75) is 25.8 Å². The van der Waals surface area contributed by atoms with Crippen LogP contribution in [0.3, 0.4) is 0 Å². The van der Waals surface area contributed by atoms with Crippen molar-refractivity contribution in [1.29, 1.82) is 5.41 Å². The lowest BCUT2D eigenvalue weighted by molar-refractivity contribution is -0.274. The lowest BCUT2D eigenvalue weighted by Crippen LogP contribution is -2.21. The van der Waals surface area contributed by atoms with Gasteiger partial charge in [-0.15, -0.1) is 13.2 Å². The number of amides is 1. The van der Waals surface area contributed by atoms with Crippen molar-refractivity contribution in [1.82, 2.24) is 0 Å². The molecule has 0 aliphatic carbocycles. The van der Waals surface area contributed by atoms with E-state index in [0.717, 1.165) is 12.1 Å². The van der Waals surface area contributed by atoms with Crippen LogP contribution in [-0.4, -0.2) is 38.4 Å². The van der Waals surface area contributed by atoms with Crippen LogP contribution >= 0.6 is 0 Å². The van der Waals surface area contributed by atoms with Crippen molar-refractivity contribution in [3.8, 4) is 22.6 Å². The van der Waals surface area contributed by atoms with E-state index in [0.29, 0.717) is 16.7 Å². The molecule has 2 aromatic carbocycles. The van der Waals surface area contributed by atoms with Crippen LogP contribution in [0.1, 0.15) is 25.0 Å². The van der Waals surface area contributed by atoms with Gasteiger partial charge in [0.15, 0.2) is 11.8 Å². The normalized spacial score (nSPS) is 12.6. The van der Waals surface area contributed by atoms with Gasteiger partial charge in [0.2, 0.25) is 0 Å². The summed E-state index contributed by atoms with van der Waals surface area (Å²) in [6, 6.07) is 10.4. The summed E-state index contributed by atoms with van der Waals surface area (Å²) < 4.78 is 57.1. The van der Waals surface area contributed by atoms with E-state index in [1.807, 2.05) is 0 Å². The fourth-order valence-electron chi connectivity index (χ4n) is 2.90. The number of rotatable bonds is 7. The number of hydrogen-bond donors (Lipinski definition) is 2. The van der Waals surface area contributed by atoms with Crippen LogP contribution < -0.4 is 15.2 Å². The summed E-state index contributed by atoms with van der Waals surface area (Å²) in [5.74, 6) is -0.217. The minimum absolute atomic E-state index is 0.00854. The Morgan fingerprint density at radius 1 is 1.22 bits per heavy atom. The fourth-order valence-corrected chi connectivity index (χ4v) is 2.90. The molecule has 0 aliphatic rings. The second kappa shape index (κ2) is 10.5. The van der Waals surface area contributed by atoms with Gasteiger partial charge in [-0.3, -0.25) is 10.4 Å². The summed E-state index contributed by atoms with van der Waals surface area (Å²) in [6.07, 6.45) is -6.73. The maximum atomic E-state index is 12.5. The molecule has 8 nitrogen and oxygen atoms in total. The number of halogens is 3. The summed E-state index contributed by atoms with van der Waals surface area (Å²) in [5, 5.41) is 7.45. The quantitative estimate of drug-likeness (QED) is 0.460. The van der Waals surface area contributed by atoms with E-state index in [1.54, 1.807) is 24.3 Å². The number of methoxy groups -OCH3 is 1. The smallest absolute Gasteiger partial charge is 0.496 e. The molecule has 1 unspecified atom stereocenters. The zero-order chi connectivity index (χ0) is 23.9. The van der Waals surface area contributed by atoms with Gasteiger partial charge >= 0.3 is 12.5 Å². The number of nitrogens with two attached hydrogens (primary N) is 1. The van der Waals surface area contributed by atoms with Crippen molar-refractivity contribution < 1.29 is 36.9 Å². The molecule has 3 N–H and O–H groups in total. The molecule has 0 saturated heterocycles.